The summed E-state index contributed by atoms with van der Waals surface area (Å²) in [6, 6.07) is 15.9. The van der Waals surface area contributed by atoms with Gasteiger partial charge in [-0.3, -0.25) is 4.79 Å². The highest BCUT2D eigenvalue weighted by Crippen LogP contribution is 2.36. The molecule has 1 heterocycles. The van der Waals surface area contributed by atoms with Gasteiger partial charge in [0.05, 0.1) is 16.5 Å². The molecule has 0 saturated carbocycles. The first-order valence-electron chi connectivity index (χ1n) is 11.8. The number of rotatable bonds is 7. The van der Waals surface area contributed by atoms with Crippen LogP contribution in [0.25, 0.3) is 6.08 Å². The maximum absolute atomic E-state index is 12.7. The van der Waals surface area contributed by atoms with Gasteiger partial charge in [-0.05, 0) is 78.1 Å². The third-order valence-electron chi connectivity index (χ3n) is 6.38. The normalized spacial score (nSPS) is 14.7. The van der Waals surface area contributed by atoms with Gasteiger partial charge in [0, 0.05) is 6.08 Å². The van der Waals surface area contributed by atoms with Crippen molar-refractivity contribution in [1.29, 1.82) is 5.26 Å². The van der Waals surface area contributed by atoms with E-state index in [0.717, 1.165) is 45.3 Å². The van der Waals surface area contributed by atoms with Gasteiger partial charge in [0.25, 0.3) is 0 Å². The fourth-order valence-electron chi connectivity index (χ4n) is 4.31. The molecule has 2 aromatic carbocycles. The number of nitrogens with one attached hydrogen (secondary N) is 1. The third kappa shape index (κ3) is 5.84. The number of amides is 1. The van der Waals surface area contributed by atoms with Crippen LogP contribution in [0.5, 0.6) is 11.5 Å². The molecule has 1 unspecified atom stereocenters. The van der Waals surface area contributed by atoms with Gasteiger partial charge in [-0.25, -0.2) is 0 Å². The van der Waals surface area contributed by atoms with E-state index in [-0.39, 0.29) is 5.91 Å². The Morgan fingerprint density at radius 2 is 2.06 bits per heavy atom. The topological polar surface area (TPSA) is 71.3 Å². The highest BCUT2D eigenvalue weighted by Gasteiger charge is 2.23. The monoisotopic (exact) mass is 516 g/mol. The fourth-order valence-corrected chi connectivity index (χ4v) is 5.70. The molecule has 1 N–H and O–H groups in total. The predicted molar refractivity (Wildman–Crippen MR) is 147 cm³/mol. The molecule has 1 amide bonds. The van der Waals surface area contributed by atoms with Crippen LogP contribution in [0.4, 0.5) is 5.00 Å². The van der Waals surface area contributed by atoms with Crippen LogP contribution in [0.1, 0.15) is 46.7 Å². The van der Waals surface area contributed by atoms with E-state index in [1.165, 1.54) is 23.0 Å². The Morgan fingerprint density at radius 3 is 2.81 bits per heavy atom. The van der Waals surface area contributed by atoms with Gasteiger partial charge in [-0.1, -0.05) is 49.5 Å². The SMILES string of the molecule is COc1cc(/C=C/C(=O)Nc2sc(=S)c3c(c2C#N)CCC(C)C3)ccc1OCc1ccccc1C. The molecule has 0 fully saturated rings. The summed E-state index contributed by atoms with van der Waals surface area (Å²) in [5.41, 5.74) is 5.68. The van der Waals surface area contributed by atoms with Crippen molar-refractivity contribution in [3.63, 3.8) is 0 Å². The molecule has 1 aromatic heterocycles. The first-order valence-corrected chi connectivity index (χ1v) is 13.1. The molecule has 1 aliphatic rings. The average Bonchev–Trinajstić information content (AvgIpc) is 2.88. The van der Waals surface area contributed by atoms with Gasteiger partial charge in [0.2, 0.25) is 5.91 Å². The summed E-state index contributed by atoms with van der Waals surface area (Å²) in [4.78, 5) is 12.7. The van der Waals surface area contributed by atoms with Gasteiger partial charge < -0.3 is 14.8 Å². The molecule has 36 heavy (non-hydrogen) atoms. The highest BCUT2D eigenvalue weighted by atomic mass is 32.1. The third-order valence-corrected chi connectivity index (χ3v) is 7.82. The minimum Gasteiger partial charge on any atom is -0.493 e. The number of carbonyl (C=O) groups excluding carboxylic acids is 1. The van der Waals surface area contributed by atoms with Crippen LogP contribution >= 0.6 is 23.6 Å². The highest BCUT2D eigenvalue weighted by molar-refractivity contribution is 7.73. The largest absolute Gasteiger partial charge is 0.493 e. The smallest absolute Gasteiger partial charge is 0.249 e. The van der Waals surface area contributed by atoms with Crippen molar-refractivity contribution in [2.75, 3.05) is 12.4 Å². The predicted octanol–water partition coefficient (Wildman–Crippen LogP) is 7.02. The van der Waals surface area contributed by atoms with E-state index in [1.807, 2.05) is 36.4 Å². The Labute approximate surface area is 221 Å². The number of hydrogen-bond donors (Lipinski definition) is 1. The zero-order valence-electron chi connectivity index (χ0n) is 20.6. The summed E-state index contributed by atoms with van der Waals surface area (Å²) in [6.07, 6.45) is 5.87. The quantitative estimate of drug-likeness (QED) is 0.270. The van der Waals surface area contributed by atoms with E-state index < -0.39 is 0 Å². The molecule has 3 aromatic rings. The Bertz CT molecular complexity index is 1420. The Kier molecular flexibility index (Phi) is 8.19. The number of nitrogens with zero attached hydrogens (tertiary/aromatic N) is 1. The number of fused-ring (bicyclic) bond motifs is 1. The van der Waals surface area contributed by atoms with Crippen molar-refractivity contribution in [3.05, 3.63) is 85.7 Å². The van der Waals surface area contributed by atoms with E-state index in [0.29, 0.717) is 34.6 Å². The fraction of sp³-hybridized carbons (Fsp3) is 0.276. The summed E-state index contributed by atoms with van der Waals surface area (Å²) in [6.45, 7) is 4.69. The van der Waals surface area contributed by atoms with E-state index in [9.17, 15) is 10.1 Å². The molecular weight excluding hydrogens is 488 g/mol. The van der Waals surface area contributed by atoms with E-state index >= 15 is 0 Å². The molecule has 1 atom stereocenters. The standard InChI is InChI=1S/C29H28N2O3S2/c1-18-8-11-22-23(14-18)29(35)36-28(24(22)16-30)31-27(32)13-10-20-9-12-25(26(15-20)33-3)34-17-21-7-5-4-6-19(21)2/h4-7,9-10,12-13,15,18H,8,11,14,17H2,1-3H3,(H,31,32)/b13-10+. The van der Waals surface area contributed by atoms with Gasteiger partial charge >= 0.3 is 0 Å². The van der Waals surface area contributed by atoms with E-state index in [2.05, 4.69) is 31.3 Å². The van der Waals surface area contributed by atoms with Crippen molar-refractivity contribution in [1.82, 2.24) is 0 Å². The Balaban J connectivity index is 1.47. The number of benzene rings is 2. The lowest BCUT2D eigenvalue weighted by molar-refractivity contribution is -0.111. The van der Waals surface area contributed by atoms with Gasteiger partial charge in [-0.15, -0.1) is 11.3 Å². The van der Waals surface area contributed by atoms with E-state index in [1.54, 1.807) is 13.2 Å². The molecule has 0 saturated heterocycles. The van der Waals surface area contributed by atoms with Crippen LogP contribution in [0.3, 0.4) is 0 Å². The molecule has 0 radical (unpaired) electrons. The number of anilines is 1. The lowest BCUT2D eigenvalue weighted by Gasteiger charge is -2.23. The van der Waals surface area contributed by atoms with Crippen molar-refractivity contribution in [2.45, 2.75) is 39.7 Å². The minimum atomic E-state index is -0.319. The first kappa shape index (κ1) is 25.6. The molecular formula is C29H28N2O3S2. The second kappa shape index (κ2) is 11.5. The maximum Gasteiger partial charge on any atom is 0.249 e. The molecule has 7 heteroatoms. The van der Waals surface area contributed by atoms with Gasteiger partial charge in [0.15, 0.2) is 11.5 Å². The van der Waals surface area contributed by atoms with Gasteiger partial charge in [-0.2, -0.15) is 5.26 Å². The number of nitriles is 1. The molecule has 0 spiro atoms. The summed E-state index contributed by atoms with van der Waals surface area (Å²) in [7, 11) is 1.59. The lowest BCUT2D eigenvalue weighted by Crippen LogP contribution is -2.15. The molecule has 1 aliphatic carbocycles. The van der Waals surface area contributed by atoms with Crippen LogP contribution in [0, 0.1) is 28.0 Å². The lowest BCUT2D eigenvalue weighted by atomic mass is 9.85. The van der Waals surface area contributed by atoms with Crippen LogP contribution in [0.2, 0.25) is 0 Å². The number of aryl methyl sites for hydroxylation is 1. The van der Waals surface area contributed by atoms with Crippen molar-refractivity contribution in [2.24, 2.45) is 5.92 Å². The summed E-state index contributed by atoms with van der Waals surface area (Å²) in [5, 5.41) is 13.2. The maximum atomic E-state index is 12.7. The second-order valence-corrected chi connectivity index (χ2v) is 10.6. The molecule has 184 valence electrons. The summed E-state index contributed by atoms with van der Waals surface area (Å²) < 4.78 is 12.2. The number of carbonyl (C=O) groups is 1. The number of ether oxygens (including phenoxy) is 2. The second-order valence-electron chi connectivity index (χ2n) is 8.96. The molecule has 0 bridgehead atoms. The van der Waals surface area contributed by atoms with Gasteiger partial charge in [0.1, 0.15) is 17.7 Å². The zero-order valence-corrected chi connectivity index (χ0v) is 22.2. The number of hydrogen-bond acceptors (Lipinski definition) is 6. The summed E-state index contributed by atoms with van der Waals surface area (Å²) >= 11 is 6.89. The number of methoxy groups -OCH3 is 1. The molecule has 4 rings (SSSR count). The Morgan fingerprint density at radius 1 is 1.25 bits per heavy atom. The zero-order chi connectivity index (χ0) is 25.7. The van der Waals surface area contributed by atoms with Crippen LogP contribution in [0.15, 0.2) is 48.5 Å². The van der Waals surface area contributed by atoms with Crippen molar-refractivity contribution < 1.29 is 14.3 Å². The van der Waals surface area contributed by atoms with E-state index in [4.69, 9.17) is 21.7 Å². The van der Waals surface area contributed by atoms with Crippen LogP contribution in [-0.2, 0) is 24.2 Å². The van der Waals surface area contributed by atoms with Crippen LogP contribution < -0.4 is 14.8 Å². The van der Waals surface area contributed by atoms with Crippen LogP contribution in [-0.4, -0.2) is 13.0 Å². The first-order chi connectivity index (χ1) is 17.4. The van der Waals surface area contributed by atoms with Crippen molar-refractivity contribution >= 4 is 40.5 Å². The minimum absolute atomic E-state index is 0.319. The Hall–Kier alpha value is -3.47. The molecule has 5 nitrogen and oxygen atoms in total. The van der Waals surface area contributed by atoms with Crippen molar-refractivity contribution in [3.8, 4) is 17.6 Å². The average molecular weight is 517 g/mol. The summed E-state index contributed by atoms with van der Waals surface area (Å²) in [5.74, 6) is 1.45. The molecule has 0 aliphatic heterocycles.